The predicted molar refractivity (Wildman–Crippen MR) is 156 cm³/mol. The molecule has 0 saturated heterocycles. The first-order chi connectivity index (χ1) is 19.2. The van der Waals surface area contributed by atoms with Crippen molar-refractivity contribution in [1.29, 1.82) is 0 Å². The Morgan fingerprint density at radius 1 is 1.05 bits per heavy atom. The van der Waals surface area contributed by atoms with Gasteiger partial charge in [0.15, 0.2) is 0 Å². The number of rotatable bonds is 4. The molecule has 6 rings (SSSR count). The summed E-state index contributed by atoms with van der Waals surface area (Å²) in [6.45, 7) is 5.88. The molecule has 2 aromatic heterocycles. The standard InChI is InChI=1S/C32H37N5O3/c1-32(2,3)37(31(38)39)24-14-12-23(13-15-24)36-18-25(28-29(33)34-19-35-30(28)36)22-10-9-21-11-16-26(40-27(21)17-22)20-7-5-4-6-8-20/h4-10,17-19,23-24,26H,11-16H2,1-3H3,(H,38,39)(H2,33,34,35). The highest BCUT2D eigenvalue weighted by Gasteiger charge is 2.36. The molecule has 3 heterocycles. The van der Waals surface area contributed by atoms with Gasteiger partial charge in [0.1, 0.15) is 29.6 Å². The summed E-state index contributed by atoms with van der Waals surface area (Å²) in [5, 5.41) is 10.7. The van der Waals surface area contributed by atoms with Crippen molar-refractivity contribution in [3.8, 4) is 16.9 Å². The fraction of sp³-hybridized carbons (Fsp3) is 0.406. The van der Waals surface area contributed by atoms with Crippen molar-refractivity contribution in [1.82, 2.24) is 19.4 Å². The summed E-state index contributed by atoms with van der Waals surface area (Å²) in [6, 6.07) is 17.0. The molecule has 1 saturated carbocycles. The van der Waals surface area contributed by atoms with Crippen LogP contribution in [0.3, 0.4) is 0 Å². The normalized spacial score (nSPS) is 21.0. The number of fused-ring (bicyclic) bond motifs is 2. The molecule has 208 valence electrons. The van der Waals surface area contributed by atoms with E-state index in [2.05, 4.69) is 63.2 Å². The average Bonchev–Trinajstić information content (AvgIpc) is 3.33. The third-order valence-electron chi connectivity index (χ3n) is 8.49. The molecular formula is C32H37N5O3. The average molecular weight is 540 g/mol. The van der Waals surface area contributed by atoms with Gasteiger partial charge in [0.2, 0.25) is 0 Å². The minimum atomic E-state index is -0.853. The number of carbonyl (C=O) groups is 1. The van der Waals surface area contributed by atoms with Crippen LogP contribution in [0.1, 0.15) is 76.1 Å². The van der Waals surface area contributed by atoms with E-state index in [1.54, 1.807) is 4.90 Å². The van der Waals surface area contributed by atoms with E-state index in [-0.39, 0.29) is 18.2 Å². The Hall–Kier alpha value is -4.07. The van der Waals surface area contributed by atoms with E-state index in [9.17, 15) is 9.90 Å². The van der Waals surface area contributed by atoms with Crippen LogP contribution < -0.4 is 10.5 Å². The Balaban J connectivity index is 1.31. The van der Waals surface area contributed by atoms with Crippen LogP contribution in [-0.2, 0) is 6.42 Å². The fourth-order valence-electron chi connectivity index (χ4n) is 6.63. The largest absolute Gasteiger partial charge is 0.485 e. The second kappa shape index (κ2) is 10.2. The molecule has 4 aromatic rings. The smallest absolute Gasteiger partial charge is 0.407 e. The zero-order valence-corrected chi connectivity index (χ0v) is 23.4. The Bertz CT molecular complexity index is 1530. The molecule has 0 spiro atoms. The molecular weight excluding hydrogens is 502 g/mol. The van der Waals surface area contributed by atoms with Crippen molar-refractivity contribution in [2.45, 2.75) is 83.0 Å². The van der Waals surface area contributed by atoms with Gasteiger partial charge >= 0.3 is 6.09 Å². The summed E-state index contributed by atoms with van der Waals surface area (Å²) < 4.78 is 8.73. The number of nitrogen functional groups attached to an aromatic ring is 1. The van der Waals surface area contributed by atoms with E-state index in [0.717, 1.165) is 66.4 Å². The number of amides is 1. The molecule has 8 nitrogen and oxygen atoms in total. The molecule has 3 N–H and O–H groups in total. The number of aromatic nitrogens is 3. The van der Waals surface area contributed by atoms with Crippen molar-refractivity contribution in [3.05, 3.63) is 72.2 Å². The van der Waals surface area contributed by atoms with Crippen molar-refractivity contribution in [2.75, 3.05) is 5.73 Å². The first-order valence-electron chi connectivity index (χ1n) is 14.2. The molecule has 2 aliphatic rings. The summed E-state index contributed by atoms with van der Waals surface area (Å²) in [6.07, 6.45) is 8.11. The van der Waals surface area contributed by atoms with E-state index in [0.29, 0.717) is 5.82 Å². The van der Waals surface area contributed by atoms with Crippen LogP contribution in [0.15, 0.2) is 61.1 Å². The highest BCUT2D eigenvalue weighted by Crippen LogP contribution is 2.42. The maximum Gasteiger partial charge on any atom is 0.407 e. The lowest BCUT2D eigenvalue weighted by Gasteiger charge is -2.43. The molecule has 0 radical (unpaired) electrons. The highest BCUT2D eigenvalue weighted by molar-refractivity contribution is 6.00. The summed E-state index contributed by atoms with van der Waals surface area (Å²) in [5.74, 6) is 1.36. The molecule has 1 atom stereocenters. The molecule has 0 bridgehead atoms. The fourth-order valence-corrected chi connectivity index (χ4v) is 6.63. The molecule has 1 aliphatic carbocycles. The first-order valence-corrected chi connectivity index (χ1v) is 14.2. The summed E-state index contributed by atoms with van der Waals surface area (Å²) in [7, 11) is 0. The molecule has 1 fully saturated rings. The van der Waals surface area contributed by atoms with Gasteiger partial charge in [-0.1, -0.05) is 42.5 Å². The second-order valence-corrected chi connectivity index (χ2v) is 12.1. The number of hydrogen-bond acceptors (Lipinski definition) is 5. The van der Waals surface area contributed by atoms with Crippen LogP contribution in [-0.4, -0.2) is 42.2 Å². The minimum absolute atomic E-state index is 0.00472. The van der Waals surface area contributed by atoms with Gasteiger partial charge < -0.3 is 25.0 Å². The van der Waals surface area contributed by atoms with Gasteiger partial charge in [-0.25, -0.2) is 14.8 Å². The lowest BCUT2D eigenvalue weighted by atomic mass is 9.88. The van der Waals surface area contributed by atoms with Gasteiger partial charge in [-0.05, 0) is 82.1 Å². The van der Waals surface area contributed by atoms with E-state index in [1.807, 2.05) is 26.8 Å². The molecule has 40 heavy (non-hydrogen) atoms. The number of nitrogens with zero attached hydrogens (tertiary/aromatic N) is 4. The van der Waals surface area contributed by atoms with E-state index >= 15 is 0 Å². The van der Waals surface area contributed by atoms with Crippen LogP contribution in [0, 0.1) is 0 Å². The SMILES string of the molecule is CC(C)(C)N(C(=O)O)C1CCC(n2cc(-c3ccc4c(c3)OC(c3ccccc3)CC4)c3c(N)ncnc32)CC1. The van der Waals surface area contributed by atoms with Crippen molar-refractivity contribution < 1.29 is 14.6 Å². The first kappa shape index (κ1) is 26.2. The number of hydrogen-bond donors (Lipinski definition) is 2. The quantitative estimate of drug-likeness (QED) is 0.289. The zero-order chi connectivity index (χ0) is 28.0. The number of ether oxygens (including phenoxy) is 1. The van der Waals surface area contributed by atoms with Crippen molar-refractivity contribution in [3.63, 3.8) is 0 Å². The van der Waals surface area contributed by atoms with E-state index in [1.165, 1.54) is 17.5 Å². The Labute approximate surface area is 234 Å². The Kier molecular flexibility index (Phi) is 6.64. The molecule has 8 heteroatoms. The monoisotopic (exact) mass is 539 g/mol. The molecule has 1 amide bonds. The highest BCUT2D eigenvalue weighted by atomic mass is 16.5. The lowest BCUT2D eigenvalue weighted by Crippen LogP contribution is -2.52. The van der Waals surface area contributed by atoms with Gasteiger partial charge in [-0.15, -0.1) is 0 Å². The van der Waals surface area contributed by atoms with Gasteiger partial charge in [-0.3, -0.25) is 0 Å². The van der Waals surface area contributed by atoms with Gasteiger partial charge in [-0.2, -0.15) is 0 Å². The van der Waals surface area contributed by atoms with E-state index in [4.69, 9.17) is 10.5 Å². The molecule has 2 aromatic carbocycles. The summed E-state index contributed by atoms with van der Waals surface area (Å²) in [5.41, 5.74) is 11.2. The van der Waals surface area contributed by atoms with Crippen LogP contribution in [0.4, 0.5) is 10.6 Å². The maximum atomic E-state index is 12.1. The summed E-state index contributed by atoms with van der Waals surface area (Å²) in [4.78, 5) is 22.7. The van der Waals surface area contributed by atoms with Gasteiger partial charge in [0, 0.05) is 29.4 Å². The number of nitrogens with two attached hydrogens (primary N) is 1. The van der Waals surface area contributed by atoms with Crippen LogP contribution in [0.25, 0.3) is 22.2 Å². The van der Waals surface area contributed by atoms with Gasteiger partial charge in [0.25, 0.3) is 0 Å². The number of carboxylic acid groups (broad SMARTS) is 1. The van der Waals surface area contributed by atoms with Gasteiger partial charge in [0.05, 0.1) is 5.39 Å². The predicted octanol–water partition coefficient (Wildman–Crippen LogP) is 7.01. The van der Waals surface area contributed by atoms with Crippen LogP contribution in [0.5, 0.6) is 5.75 Å². The van der Waals surface area contributed by atoms with Crippen molar-refractivity contribution in [2.24, 2.45) is 0 Å². The van der Waals surface area contributed by atoms with E-state index < -0.39 is 11.6 Å². The van der Waals surface area contributed by atoms with Crippen molar-refractivity contribution >= 4 is 22.9 Å². The zero-order valence-electron chi connectivity index (χ0n) is 23.4. The topological polar surface area (TPSA) is 106 Å². The maximum absolute atomic E-state index is 12.1. The van der Waals surface area contributed by atoms with Crippen LogP contribution in [0.2, 0.25) is 0 Å². The third kappa shape index (κ3) is 4.76. The number of anilines is 1. The summed E-state index contributed by atoms with van der Waals surface area (Å²) >= 11 is 0. The Morgan fingerprint density at radius 2 is 1.80 bits per heavy atom. The lowest BCUT2D eigenvalue weighted by molar-refractivity contribution is 0.0514. The number of benzene rings is 2. The van der Waals surface area contributed by atoms with Crippen LogP contribution >= 0.6 is 0 Å². The molecule has 1 unspecified atom stereocenters. The number of aryl methyl sites for hydroxylation is 1. The minimum Gasteiger partial charge on any atom is -0.485 e. The second-order valence-electron chi connectivity index (χ2n) is 12.1. The Morgan fingerprint density at radius 3 is 2.50 bits per heavy atom. The third-order valence-corrected chi connectivity index (χ3v) is 8.49. The molecule has 1 aliphatic heterocycles.